The van der Waals surface area contributed by atoms with E-state index in [1.807, 2.05) is 113 Å². The van der Waals surface area contributed by atoms with Crippen molar-refractivity contribution in [2.75, 3.05) is 0 Å². The van der Waals surface area contributed by atoms with E-state index < -0.39 is 0 Å². The van der Waals surface area contributed by atoms with Crippen LogP contribution >= 0.6 is 34.2 Å². The molecular weight excluding hydrogens is 1080 g/mol. The van der Waals surface area contributed by atoms with E-state index in [-0.39, 0.29) is 0 Å². The summed E-state index contributed by atoms with van der Waals surface area (Å²) in [6.07, 6.45) is 52.1. The van der Waals surface area contributed by atoms with Crippen molar-refractivity contribution in [3.8, 4) is 0 Å². The summed E-state index contributed by atoms with van der Waals surface area (Å²) in [7, 11) is 0. The van der Waals surface area contributed by atoms with Crippen LogP contribution in [0.5, 0.6) is 0 Å². The molecular formula is C52H56N22O3S3. The number of H-pyrrole nitrogens is 4. The molecule has 410 valence electrons. The van der Waals surface area contributed by atoms with Crippen LogP contribution in [0.2, 0.25) is 0 Å². The molecule has 15 heterocycles. The number of imidazole rings is 1. The van der Waals surface area contributed by atoms with Crippen molar-refractivity contribution in [3.63, 3.8) is 0 Å². The van der Waals surface area contributed by atoms with E-state index in [1.165, 1.54) is 68.4 Å². The average Bonchev–Trinajstić information content (AvgIpc) is 4.41. The molecule has 80 heavy (non-hydrogen) atoms. The van der Waals surface area contributed by atoms with Gasteiger partial charge in [0.2, 0.25) is 0 Å². The number of oxazole rings is 1. The zero-order valence-corrected chi connectivity index (χ0v) is 45.0. The molecule has 4 N–H and O–H groups in total. The molecule has 0 saturated carbocycles. The lowest BCUT2D eigenvalue weighted by Gasteiger charge is -1.70. The van der Waals surface area contributed by atoms with Gasteiger partial charge in [-0.3, -0.25) is 30.1 Å². The van der Waals surface area contributed by atoms with Gasteiger partial charge < -0.3 is 23.3 Å². The first-order chi connectivity index (χ1) is 40.0. The normalized spacial score (nSPS) is 8.00. The van der Waals surface area contributed by atoms with Gasteiger partial charge in [-0.2, -0.15) is 31.7 Å². The van der Waals surface area contributed by atoms with Gasteiger partial charge in [-0.15, -0.1) is 11.3 Å². The minimum Gasteiger partial charge on any atom is -0.473 e. The molecule has 0 amide bonds. The van der Waals surface area contributed by atoms with Gasteiger partial charge in [0, 0.05) is 122 Å². The van der Waals surface area contributed by atoms with Crippen LogP contribution in [0, 0.1) is 0 Å². The molecule has 0 saturated heterocycles. The van der Waals surface area contributed by atoms with Crippen molar-refractivity contribution in [2.45, 2.75) is 0 Å². The number of nitrogens with zero attached hydrogens (tertiary/aromatic N) is 18. The third-order valence-electron chi connectivity index (χ3n) is 6.28. The minimum absolute atomic E-state index is 1.38. The summed E-state index contributed by atoms with van der Waals surface area (Å²) in [6, 6.07) is 28.2. The van der Waals surface area contributed by atoms with E-state index in [1.54, 1.807) is 171 Å². The highest BCUT2D eigenvalue weighted by atomic mass is 32.1. The summed E-state index contributed by atoms with van der Waals surface area (Å²) in [5, 5.41) is 30.6. The van der Waals surface area contributed by atoms with Gasteiger partial charge in [-0.05, 0) is 95.1 Å². The lowest BCUT2D eigenvalue weighted by atomic mass is 10.5. The van der Waals surface area contributed by atoms with Crippen molar-refractivity contribution in [2.24, 2.45) is 0 Å². The number of hydrogen-bond donors (Lipinski definition) is 4. The monoisotopic (exact) mass is 1130 g/mol. The van der Waals surface area contributed by atoms with Gasteiger partial charge in [0.1, 0.15) is 50.5 Å². The summed E-state index contributed by atoms with van der Waals surface area (Å²) in [5.74, 6) is 0. The standard InChI is InChI=1S/C5H5N.3C4H4N2.C4H5N.C4H4O.C4H4S.C3H3N3.2C3H4N2.2C3H3NO.2C3H3NS.C2H3N3/c1-2-4-6-5-3-1;1-2-6-4-3-5-1;1-2-5-4-6-3-1;1-2-4-6-5-3-1;3*1-2-4-5-3-1;1-4-2-6-3-5-1;1-2-5-3-4-1;1-2-4-5-3-1;1-2-5-3-4-1;1-2-4-5-3-1;1-2-5-3-4-1;1-2-4-5-3-1;1-3-2-5-4-1/h1-5H;3*1-4H;1-5H;2*1-4H;1-3H;2*1-3H,(H,4,5);4*1-3H;1-2H,(H,3,4,5). The summed E-state index contributed by atoms with van der Waals surface area (Å²) in [5.41, 5.74) is 1.79. The highest BCUT2D eigenvalue weighted by Crippen LogP contribution is 1.91. The molecule has 0 atom stereocenters. The van der Waals surface area contributed by atoms with E-state index in [0.29, 0.717) is 0 Å². The van der Waals surface area contributed by atoms with Crippen LogP contribution in [-0.4, -0.2) is 110 Å². The van der Waals surface area contributed by atoms with E-state index in [9.17, 15) is 0 Å². The molecule has 15 aromatic rings. The number of nitrogens with one attached hydrogen (secondary N) is 4. The fourth-order valence-electron chi connectivity index (χ4n) is 3.31. The van der Waals surface area contributed by atoms with Gasteiger partial charge in [-0.25, -0.2) is 44.2 Å². The number of hydrogen-bond acceptors (Lipinski definition) is 24. The Morgan fingerprint density at radius 3 is 1.19 bits per heavy atom. The topological polar surface area (TPSA) is 335 Å². The van der Waals surface area contributed by atoms with Crippen LogP contribution in [-0.2, 0) is 0 Å². The fourth-order valence-corrected chi connectivity index (χ4v) is 4.46. The number of thiazole rings is 1. The summed E-state index contributed by atoms with van der Waals surface area (Å²) < 4.78 is 17.2. The maximum Gasteiger partial charge on any atom is 0.180 e. The maximum absolute atomic E-state index is 4.58. The zero-order chi connectivity index (χ0) is 56.6. The van der Waals surface area contributed by atoms with E-state index in [4.69, 9.17) is 0 Å². The van der Waals surface area contributed by atoms with Gasteiger partial charge in [-0.1, -0.05) is 23.4 Å². The fraction of sp³-hybridized carbons (Fsp3) is 0. The van der Waals surface area contributed by atoms with Crippen LogP contribution < -0.4 is 0 Å². The molecule has 0 aliphatic rings. The Kier molecular flexibility index (Phi) is 53.5. The Morgan fingerprint density at radius 2 is 1.00 bits per heavy atom. The number of aromatic amines is 4. The van der Waals surface area contributed by atoms with Gasteiger partial charge >= 0.3 is 0 Å². The minimum atomic E-state index is 1.38. The molecule has 28 heteroatoms. The molecule has 0 fully saturated rings. The van der Waals surface area contributed by atoms with Crippen LogP contribution in [0.15, 0.2) is 331 Å². The number of pyridine rings is 1. The molecule has 0 aliphatic carbocycles. The molecule has 0 bridgehead atoms. The molecule has 0 radical (unpaired) electrons. The molecule has 25 nitrogen and oxygen atoms in total. The first-order valence-corrected chi connectivity index (χ1v) is 25.2. The average molecular weight is 1130 g/mol. The number of aromatic nitrogens is 22. The van der Waals surface area contributed by atoms with Crippen LogP contribution in [0.3, 0.4) is 0 Å². The number of rotatable bonds is 0. The Labute approximate surface area is 472 Å². The predicted octanol–water partition coefficient (Wildman–Crippen LogP) is 10.7. The van der Waals surface area contributed by atoms with Crippen LogP contribution in [0.4, 0.5) is 0 Å². The third kappa shape index (κ3) is 61.2. The van der Waals surface area contributed by atoms with Gasteiger partial charge in [0.05, 0.1) is 36.8 Å². The molecule has 15 rings (SSSR count). The highest BCUT2D eigenvalue weighted by molar-refractivity contribution is 7.07. The molecule has 0 unspecified atom stereocenters. The SMILES string of the molecule is c1c[nH]cn1.c1cc[nH]c1.c1ccncc1.c1ccnnc1.c1ccoc1.c1ccsc1.c1cn[nH]c1.c1cnccn1.c1cncnc1.c1cnoc1.c1cnsc1.c1cocn1.c1cscn1.c1nc[nH]n1.c1ncncn1. The second-order valence-electron chi connectivity index (χ2n) is 11.9. The van der Waals surface area contributed by atoms with E-state index in [0.717, 1.165) is 0 Å². The first-order valence-electron chi connectivity index (χ1n) is 22.5. The third-order valence-corrected chi connectivity index (χ3v) is 7.96. The van der Waals surface area contributed by atoms with Crippen molar-refractivity contribution >= 4 is 34.2 Å². The van der Waals surface area contributed by atoms with Crippen molar-refractivity contribution in [1.29, 1.82) is 0 Å². The Hall–Kier alpha value is -11.1. The Balaban J connectivity index is 0.000000429. The zero-order valence-electron chi connectivity index (χ0n) is 42.5. The summed E-state index contributed by atoms with van der Waals surface area (Å²) in [6.45, 7) is 0. The van der Waals surface area contributed by atoms with Gasteiger partial charge in [0.25, 0.3) is 0 Å². The molecule has 0 aliphatic heterocycles. The smallest absolute Gasteiger partial charge is 0.180 e. The van der Waals surface area contributed by atoms with Crippen molar-refractivity contribution in [1.82, 2.24) is 110 Å². The quantitative estimate of drug-likeness (QED) is 0.110. The summed E-state index contributed by atoms with van der Waals surface area (Å²) >= 11 is 4.78. The van der Waals surface area contributed by atoms with Crippen molar-refractivity contribution in [3.05, 3.63) is 318 Å². The number of thiophene rings is 1. The number of furan rings is 1. The summed E-state index contributed by atoms with van der Waals surface area (Å²) in [4.78, 5) is 49.4. The van der Waals surface area contributed by atoms with Crippen molar-refractivity contribution < 1.29 is 13.4 Å². The largest absolute Gasteiger partial charge is 0.473 e. The van der Waals surface area contributed by atoms with E-state index in [2.05, 4.69) is 123 Å². The highest BCUT2D eigenvalue weighted by Gasteiger charge is 1.66. The van der Waals surface area contributed by atoms with E-state index >= 15 is 0 Å². The Morgan fingerprint density at radius 1 is 0.312 bits per heavy atom. The maximum atomic E-state index is 4.58. The lowest BCUT2D eigenvalue weighted by Crippen LogP contribution is -1.73. The second kappa shape index (κ2) is 64.0. The van der Waals surface area contributed by atoms with Gasteiger partial charge in [0.15, 0.2) is 6.39 Å². The first kappa shape index (κ1) is 66.9. The predicted molar refractivity (Wildman–Crippen MR) is 305 cm³/mol. The lowest BCUT2D eigenvalue weighted by molar-refractivity contribution is 0.420. The van der Waals surface area contributed by atoms with Crippen LogP contribution in [0.1, 0.15) is 0 Å². The Bertz CT molecular complexity index is 2050. The molecule has 0 spiro atoms. The molecule has 0 aromatic carbocycles. The second-order valence-corrected chi connectivity index (χ2v) is 14.2. The molecule has 15 aromatic heterocycles. The van der Waals surface area contributed by atoms with Crippen LogP contribution in [0.25, 0.3) is 0 Å².